The Hall–Kier alpha value is -2.43. The Morgan fingerprint density at radius 2 is 1.62 bits per heavy atom. The van der Waals surface area contributed by atoms with E-state index in [0.29, 0.717) is 35.2 Å². The molecular formula is C21H27NO4. The van der Waals surface area contributed by atoms with Gasteiger partial charge in [-0.1, -0.05) is 30.7 Å². The van der Waals surface area contributed by atoms with Crippen LogP contribution in [0, 0.1) is 0 Å². The van der Waals surface area contributed by atoms with E-state index >= 15 is 0 Å². The number of fused-ring (bicyclic) bond motifs is 1. The van der Waals surface area contributed by atoms with Crippen LogP contribution in [-0.4, -0.2) is 29.8 Å². The first kappa shape index (κ1) is 19.9. The van der Waals surface area contributed by atoms with Gasteiger partial charge >= 0.3 is 6.09 Å². The molecule has 0 saturated carbocycles. The van der Waals surface area contributed by atoms with E-state index in [1.807, 2.05) is 20.8 Å². The van der Waals surface area contributed by atoms with Gasteiger partial charge in [0.2, 0.25) is 0 Å². The number of alkyl carbamates (subject to hydrolysis) is 1. The highest BCUT2D eigenvalue weighted by Crippen LogP contribution is 2.28. The summed E-state index contributed by atoms with van der Waals surface area (Å²) in [5.74, 6) is -0.0913. The number of carbonyl (C=O) groups is 3. The topological polar surface area (TPSA) is 72.5 Å². The second kappa shape index (κ2) is 8.30. The number of rotatable bonds is 6. The van der Waals surface area contributed by atoms with Gasteiger partial charge in [0.15, 0.2) is 11.6 Å². The monoisotopic (exact) mass is 357 g/mol. The van der Waals surface area contributed by atoms with E-state index in [-0.39, 0.29) is 11.6 Å². The van der Waals surface area contributed by atoms with Crippen molar-refractivity contribution in [2.45, 2.75) is 59.0 Å². The third-order valence-electron chi connectivity index (χ3n) is 4.26. The molecule has 0 aromatic heterocycles. The first-order chi connectivity index (χ1) is 12.2. The van der Waals surface area contributed by atoms with Gasteiger partial charge in [-0.2, -0.15) is 0 Å². The zero-order valence-corrected chi connectivity index (χ0v) is 16.0. The normalized spacial score (nSPS) is 14.3. The largest absolute Gasteiger partial charge is 0.444 e. The lowest BCUT2D eigenvalue weighted by Crippen LogP contribution is -2.32. The van der Waals surface area contributed by atoms with Gasteiger partial charge in [0.05, 0.1) is 0 Å². The van der Waals surface area contributed by atoms with Gasteiger partial charge < -0.3 is 10.1 Å². The second-order valence-corrected chi connectivity index (χ2v) is 7.55. The number of carbonyl (C=O) groups excluding carboxylic acids is 3. The number of Topliss-reactive ketones (excluding diaryl/α,β-unsaturated/α-hetero) is 2. The number of ether oxygens (including phenoxy) is 1. The summed E-state index contributed by atoms with van der Waals surface area (Å²) in [6.45, 7) is 7.73. The summed E-state index contributed by atoms with van der Waals surface area (Å²) in [5, 5.41) is 2.72. The minimum Gasteiger partial charge on any atom is -0.444 e. The van der Waals surface area contributed by atoms with Crippen molar-refractivity contribution < 1.29 is 19.1 Å². The van der Waals surface area contributed by atoms with Crippen LogP contribution in [-0.2, 0) is 4.74 Å². The number of unbranched alkanes of at least 4 members (excludes halogenated alkanes) is 2. The molecule has 1 amide bonds. The van der Waals surface area contributed by atoms with Crippen molar-refractivity contribution >= 4 is 17.7 Å². The maximum Gasteiger partial charge on any atom is 0.407 e. The van der Waals surface area contributed by atoms with E-state index in [1.165, 1.54) is 0 Å². The molecule has 0 unspecified atom stereocenters. The van der Waals surface area contributed by atoms with E-state index < -0.39 is 11.7 Å². The Kier molecular flexibility index (Phi) is 6.35. The van der Waals surface area contributed by atoms with Crippen LogP contribution in [0.2, 0.25) is 0 Å². The van der Waals surface area contributed by atoms with Gasteiger partial charge in [-0.3, -0.25) is 9.59 Å². The van der Waals surface area contributed by atoms with E-state index in [0.717, 1.165) is 19.3 Å². The number of ketones is 2. The highest BCUT2D eigenvalue weighted by atomic mass is 16.6. The molecule has 0 aliphatic heterocycles. The van der Waals surface area contributed by atoms with E-state index in [2.05, 4.69) is 5.32 Å². The molecular weight excluding hydrogens is 330 g/mol. The fourth-order valence-electron chi connectivity index (χ4n) is 2.96. The van der Waals surface area contributed by atoms with Gasteiger partial charge in [-0.15, -0.1) is 0 Å². The predicted octanol–water partition coefficient (Wildman–Crippen LogP) is 4.47. The minimum atomic E-state index is -0.502. The zero-order chi connectivity index (χ0) is 19.3. The molecule has 0 atom stereocenters. The van der Waals surface area contributed by atoms with Crippen molar-refractivity contribution in [3.63, 3.8) is 0 Å². The number of allylic oxidation sites excluding steroid dienone is 2. The average molecular weight is 357 g/mol. The van der Waals surface area contributed by atoms with E-state index in [1.54, 1.807) is 31.2 Å². The van der Waals surface area contributed by atoms with Crippen LogP contribution in [0.4, 0.5) is 4.79 Å². The molecule has 0 bridgehead atoms. The van der Waals surface area contributed by atoms with Crippen molar-refractivity contribution in [2.75, 3.05) is 6.54 Å². The smallest absolute Gasteiger partial charge is 0.407 e. The summed E-state index contributed by atoms with van der Waals surface area (Å²) in [7, 11) is 0. The summed E-state index contributed by atoms with van der Waals surface area (Å²) < 4.78 is 5.17. The maximum atomic E-state index is 12.6. The SMILES string of the molecule is CC1=C(CCCCCNC(=O)OC(C)(C)C)C(=O)c2ccccc2C1=O. The highest BCUT2D eigenvalue weighted by molar-refractivity contribution is 6.26. The van der Waals surface area contributed by atoms with Crippen LogP contribution in [0.1, 0.15) is 74.1 Å². The molecule has 1 N–H and O–H groups in total. The fourth-order valence-corrected chi connectivity index (χ4v) is 2.96. The average Bonchev–Trinajstić information content (AvgIpc) is 2.57. The first-order valence-electron chi connectivity index (χ1n) is 9.06. The Balaban J connectivity index is 1.80. The zero-order valence-electron chi connectivity index (χ0n) is 16.0. The minimum absolute atomic E-state index is 0.0374. The molecule has 0 radical (unpaired) electrons. The Morgan fingerprint density at radius 1 is 1.00 bits per heavy atom. The predicted molar refractivity (Wildman–Crippen MR) is 101 cm³/mol. The number of hydrogen-bond acceptors (Lipinski definition) is 4. The molecule has 140 valence electrons. The van der Waals surface area contributed by atoms with Crippen LogP contribution < -0.4 is 5.32 Å². The molecule has 1 aliphatic rings. The Labute approximate surface area is 154 Å². The van der Waals surface area contributed by atoms with Crippen molar-refractivity contribution in [3.8, 4) is 0 Å². The second-order valence-electron chi connectivity index (χ2n) is 7.55. The van der Waals surface area contributed by atoms with Crippen LogP contribution >= 0.6 is 0 Å². The number of nitrogens with one attached hydrogen (secondary N) is 1. The molecule has 0 saturated heterocycles. The van der Waals surface area contributed by atoms with Gasteiger partial charge in [0.25, 0.3) is 0 Å². The molecule has 2 rings (SSSR count). The van der Waals surface area contributed by atoms with Crippen LogP contribution in [0.25, 0.3) is 0 Å². The Morgan fingerprint density at radius 3 is 2.23 bits per heavy atom. The molecule has 0 heterocycles. The molecule has 5 heteroatoms. The van der Waals surface area contributed by atoms with Crippen molar-refractivity contribution in [3.05, 3.63) is 46.5 Å². The highest BCUT2D eigenvalue weighted by Gasteiger charge is 2.28. The molecule has 0 spiro atoms. The Bertz CT molecular complexity index is 741. The fraction of sp³-hybridized carbons (Fsp3) is 0.476. The van der Waals surface area contributed by atoms with Gasteiger partial charge in [0, 0.05) is 28.8 Å². The number of hydrogen-bond donors (Lipinski definition) is 1. The lowest BCUT2D eigenvalue weighted by molar-refractivity contribution is 0.0526. The van der Waals surface area contributed by atoms with E-state index in [4.69, 9.17) is 4.74 Å². The maximum absolute atomic E-state index is 12.6. The molecule has 0 fully saturated rings. The number of amides is 1. The third-order valence-corrected chi connectivity index (χ3v) is 4.26. The van der Waals surface area contributed by atoms with E-state index in [9.17, 15) is 14.4 Å². The molecule has 26 heavy (non-hydrogen) atoms. The van der Waals surface area contributed by atoms with Crippen LogP contribution in [0.5, 0.6) is 0 Å². The van der Waals surface area contributed by atoms with Gasteiger partial charge in [-0.05, 0) is 47.0 Å². The standard InChI is InChI=1S/C21H27NO4/c1-14-15(19(24)17-12-8-7-11-16(17)18(14)23)10-6-5-9-13-22-20(25)26-21(2,3)4/h7-8,11-12H,5-6,9-10,13H2,1-4H3,(H,22,25). The quantitative estimate of drug-likeness (QED) is 0.763. The molecule has 1 aromatic carbocycles. The van der Waals surface area contributed by atoms with Gasteiger partial charge in [0.1, 0.15) is 5.60 Å². The summed E-state index contributed by atoms with van der Waals surface area (Å²) in [5.41, 5.74) is 1.68. The first-order valence-corrected chi connectivity index (χ1v) is 9.06. The molecule has 1 aliphatic carbocycles. The molecule has 1 aromatic rings. The lowest BCUT2D eigenvalue weighted by atomic mass is 9.83. The molecule has 5 nitrogen and oxygen atoms in total. The van der Waals surface area contributed by atoms with Crippen LogP contribution in [0.3, 0.4) is 0 Å². The summed E-state index contributed by atoms with van der Waals surface area (Å²) >= 11 is 0. The summed E-state index contributed by atoms with van der Waals surface area (Å²) in [6, 6.07) is 6.98. The van der Waals surface area contributed by atoms with Crippen molar-refractivity contribution in [1.29, 1.82) is 0 Å². The van der Waals surface area contributed by atoms with Crippen molar-refractivity contribution in [2.24, 2.45) is 0 Å². The third kappa shape index (κ3) is 5.04. The van der Waals surface area contributed by atoms with Gasteiger partial charge in [-0.25, -0.2) is 4.79 Å². The summed E-state index contributed by atoms with van der Waals surface area (Å²) in [4.78, 5) is 36.6. The summed E-state index contributed by atoms with van der Waals surface area (Å²) in [6.07, 6.45) is 2.61. The van der Waals surface area contributed by atoms with Crippen LogP contribution in [0.15, 0.2) is 35.4 Å². The number of benzene rings is 1. The van der Waals surface area contributed by atoms with Crippen molar-refractivity contribution in [1.82, 2.24) is 5.32 Å². The lowest BCUT2D eigenvalue weighted by Gasteiger charge is -2.20.